The number of benzene rings is 3. The molecule has 0 aromatic heterocycles. The maximum Gasteiger partial charge on any atom is 0.410 e. The molecule has 1 amide bonds. The van der Waals surface area contributed by atoms with Crippen LogP contribution in [-0.4, -0.2) is 23.1 Å². The van der Waals surface area contributed by atoms with Crippen molar-refractivity contribution in [3.05, 3.63) is 82.9 Å². The lowest BCUT2D eigenvalue weighted by Gasteiger charge is -2.32. The Labute approximate surface area is 184 Å². The largest absolute Gasteiger partial charge is 0.444 e. The highest BCUT2D eigenvalue weighted by Crippen LogP contribution is 2.29. The first kappa shape index (κ1) is 22.2. The Morgan fingerprint density at radius 2 is 1.73 bits per heavy atom. The van der Waals surface area contributed by atoms with Gasteiger partial charge in [0.05, 0.1) is 6.04 Å². The van der Waals surface area contributed by atoms with Crippen molar-refractivity contribution in [3.63, 3.8) is 0 Å². The molecule has 0 bridgehead atoms. The lowest BCUT2D eigenvalue weighted by Crippen LogP contribution is -2.39. The molecule has 0 aliphatic heterocycles. The molecule has 0 heterocycles. The topological polar surface area (TPSA) is 29.5 Å². The molecule has 3 aromatic rings. The van der Waals surface area contributed by atoms with Crippen molar-refractivity contribution in [1.29, 1.82) is 0 Å². The fourth-order valence-electron chi connectivity index (χ4n) is 3.69. The lowest BCUT2D eigenvalue weighted by atomic mass is 9.98. The Hall–Kier alpha value is -2.52. The quantitative estimate of drug-likeness (QED) is 0.412. The molecular weight excluding hydrogens is 394 g/mol. The van der Waals surface area contributed by atoms with Crippen LogP contribution in [-0.2, 0) is 11.2 Å². The minimum atomic E-state index is -0.541. The second-order valence-corrected chi connectivity index (χ2v) is 9.09. The summed E-state index contributed by atoms with van der Waals surface area (Å²) in [6.07, 6.45) is 1.39. The molecule has 30 heavy (non-hydrogen) atoms. The Morgan fingerprint density at radius 3 is 2.47 bits per heavy atom. The van der Waals surface area contributed by atoms with Crippen LogP contribution in [0.15, 0.2) is 66.7 Å². The van der Waals surface area contributed by atoms with Crippen molar-refractivity contribution in [2.24, 2.45) is 0 Å². The van der Waals surface area contributed by atoms with Crippen molar-refractivity contribution in [2.45, 2.75) is 52.2 Å². The van der Waals surface area contributed by atoms with Crippen molar-refractivity contribution in [3.8, 4) is 0 Å². The van der Waals surface area contributed by atoms with E-state index in [0.29, 0.717) is 6.54 Å². The van der Waals surface area contributed by atoms with Gasteiger partial charge in [0.1, 0.15) is 5.60 Å². The predicted molar refractivity (Wildman–Crippen MR) is 125 cm³/mol. The van der Waals surface area contributed by atoms with Gasteiger partial charge >= 0.3 is 6.09 Å². The van der Waals surface area contributed by atoms with E-state index in [2.05, 4.69) is 37.3 Å². The van der Waals surface area contributed by atoms with Crippen LogP contribution in [0.1, 0.15) is 51.3 Å². The van der Waals surface area contributed by atoms with E-state index in [1.165, 1.54) is 10.9 Å². The summed E-state index contributed by atoms with van der Waals surface area (Å²) in [5.74, 6) is 0. The highest BCUT2D eigenvalue weighted by molar-refractivity contribution is 6.30. The van der Waals surface area contributed by atoms with Gasteiger partial charge in [-0.3, -0.25) is 0 Å². The maximum absolute atomic E-state index is 13.1. The second-order valence-electron chi connectivity index (χ2n) is 8.65. The molecule has 0 saturated heterocycles. The van der Waals surface area contributed by atoms with Gasteiger partial charge in [0, 0.05) is 11.6 Å². The van der Waals surface area contributed by atoms with Crippen LogP contribution in [0.25, 0.3) is 10.8 Å². The second kappa shape index (κ2) is 9.53. The predicted octanol–water partition coefficient (Wildman–Crippen LogP) is 7.42. The van der Waals surface area contributed by atoms with Crippen LogP contribution >= 0.6 is 11.6 Å². The van der Waals surface area contributed by atoms with Crippen LogP contribution in [0, 0.1) is 0 Å². The van der Waals surface area contributed by atoms with E-state index >= 15 is 0 Å². The van der Waals surface area contributed by atoms with E-state index in [4.69, 9.17) is 16.3 Å². The molecule has 3 rings (SSSR count). The monoisotopic (exact) mass is 423 g/mol. The summed E-state index contributed by atoms with van der Waals surface area (Å²) in [5, 5.41) is 3.07. The molecule has 0 fully saturated rings. The number of hydrogen-bond acceptors (Lipinski definition) is 2. The number of hydrogen-bond donors (Lipinski definition) is 0. The van der Waals surface area contributed by atoms with Gasteiger partial charge in [-0.25, -0.2) is 4.79 Å². The average Bonchev–Trinajstić information content (AvgIpc) is 2.69. The first-order chi connectivity index (χ1) is 14.2. The smallest absolute Gasteiger partial charge is 0.410 e. The highest BCUT2D eigenvalue weighted by Gasteiger charge is 2.27. The molecule has 158 valence electrons. The standard InChI is InChI=1S/C26H30ClNO2/c1-19(23-16-8-13-21-12-5-6-15-24(21)23)28(25(29)30-26(2,3)4)17-9-11-20-10-7-14-22(27)18-20/h5-8,10,12-16,18-19H,9,11,17H2,1-4H3/t19-/m1/s1. The number of halogens is 1. The Balaban J connectivity index is 1.83. The Bertz CT molecular complexity index is 1000. The van der Waals surface area contributed by atoms with E-state index in [9.17, 15) is 4.79 Å². The van der Waals surface area contributed by atoms with E-state index in [1.807, 2.05) is 62.1 Å². The first-order valence-electron chi connectivity index (χ1n) is 10.5. The van der Waals surface area contributed by atoms with Gasteiger partial charge < -0.3 is 9.64 Å². The van der Waals surface area contributed by atoms with Crippen molar-refractivity contribution < 1.29 is 9.53 Å². The normalized spacial score (nSPS) is 12.6. The number of aryl methyl sites for hydroxylation is 1. The lowest BCUT2D eigenvalue weighted by molar-refractivity contribution is 0.0172. The van der Waals surface area contributed by atoms with Crippen LogP contribution in [0.3, 0.4) is 0 Å². The summed E-state index contributed by atoms with van der Waals surface area (Å²) in [6, 6.07) is 22.3. The van der Waals surface area contributed by atoms with Gasteiger partial charge in [-0.15, -0.1) is 0 Å². The van der Waals surface area contributed by atoms with Gasteiger partial charge in [0.2, 0.25) is 0 Å². The van der Waals surface area contributed by atoms with E-state index < -0.39 is 5.60 Å². The molecule has 1 atom stereocenters. The van der Waals surface area contributed by atoms with Gasteiger partial charge in [-0.2, -0.15) is 0 Å². The molecule has 3 aromatic carbocycles. The molecular formula is C26H30ClNO2. The summed E-state index contributed by atoms with van der Waals surface area (Å²) in [6.45, 7) is 8.38. The number of nitrogens with zero attached hydrogens (tertiary/aromatic N) is 1. The molecule has 3 nitrogen and oxygen atoms in total. The number of carbonyl (C=O) groups is 1. The zero-order chi connectivity index (χ0) is 21.7. The molecule has 0 aliphatic carbocycles. The van der Waals surface area contributed by atoms with Crippen molar-refractivity contribution >= 4 is 28.5 Å². The molecule has 0 spiro atoms. The number of carbonyl (C=O) groups excluding carboxylic acids is 1. The SMILES string of the molecule is C[C@H](c1cccc2ccccc12)N(CCCc1cccc(Cl)c1)C(=O)OC(C)(C)C. The number of ether oxygens (including phenoxy) is 1. The molecule has 0 aliphatic rings. The fourth-order valence-corrected chi connectivity index (χ4v) is 3.91. The third kappa shape index (κ3) is 5.76. The average molecular weight is 424 g/mol. The minimum Gasteiger partial charge on any atom is -0.444 e. The Kier molecular flexibility index (Phi) is 7.04. The van der Waals surface area contributed by atoms with Gasteiger partial charge in [0.25, 0.3) is 0 Å². The molecule has 0 radical (unpaired) electrons. The number of amides is 1. The zero-order valence-electron chi connectivity index (χ0n) is 18.2. The van der Waals surface area contributed by atoms with E-state index in [1.54, 1.807) is 0 Å². The fraction of sp³-hybridized carbons (Fsp3) is 0.346. The molecule has 4 heteroatoms. The van der Waals surface area contributed by atoms with Gasteiger partial charge in [-0.1, -0.05) is 66.2 Å². The number of fused-ring (bicyclic) bond motifs is 1. The van der Waals surface area contributed by atoms with Crippen molar-refractivity contribution in [2.75, 3.05) is 6.54 Å². The van der Waals surface area contributed by atoms with Crippen LogP contribution < -0.4 is 0 Å². The van der Waals surface area contributed by atoms with Crippen LogP contribution in [0.5, 0.6) is 0 Å². The Morgan fingerprint density at radius 1 is 1.03 bits per heavy atom. The summed E-state index contributed by atoms with van der Waals surface area (Å²) in [5.41, 5.74) is 1.76. The van der Waals surface area contributed by atoms with Crippen molar-refractivity contribution in [1.82, 2.24) is 4.90 Å². The molecule has 0 unspecified atom stereocenters. The minimum absolute atomic E-state index is 0.106. The van der Waals surface area contributed by atoms with Crippen LogP contribution in [0.4, 0.5) is 4.79 Å². The van der Waals surface area contributed by atoms with Gasteiger partial charge in [-0.05, 0) is 74.6 Å². The summed E-state index contributed by atoms with van der Waals surface area (Å²) in [7, 11) is 0. The third-order valence-corrected chi connectivity index (χ3v) is 5.36. The number of rotatable bonds is 6. The third-order valence-electron chi connectivity index (χ3n) is 5.12. The summed E-state index contributed by atoms with van der Waals surface area (Å²) in [4.78, 5) is 14.9. The summed E-state index contributed by atoms with van der Waals surface area (Å²) >= 11 is 6.11. The first-order valence-corrected chi connectivity index (χ1v) is 10.8. The molecule has 0 N–H and O–H groups in total. The molecule has 0 saturated carbocycles. The highest BCUT2D eigenvalue weighted by atomic mass is 35.5. The maximum atomic E-state index is 13.1. The zero-order valence-corrected chi connectivity index (χ0v) is 18.9. The summed E-state index contributed by atoms with van der Waals surface area (Å²) < 4.78 is 5.74. The van der Waals surface area contributed by atoms with E-state index in [-0.39, 0.29) is 12.1 Å². The van der Waals surface area contributed by atoms with Gasteiger partial charge in [0.15, 0.2) is 0 Å². The van der Waals surface area contributed by atoms with E-state index in [0.717, 1.165) is 28.8 Å². The van der Waals surface area contributed by atoms with Crippen LogP contribution in [0.2, 0.25) is 5.02 Å².